The minimum absolute atomic E-state index is 0.0186. The number of hydrogen-bond acceptors (Lipinski definition) is 7. The lowest BCUT2D eigenvalue weighted by molar-refractivity contribution is -0.870. The lowest BCUT2D eigenvalue weighted by Crippen LogP contribution is -2.37. The Kier molecular flexibility index (Phi) is 46.9. The van der Waals surface area contributed by atoms with Gasteiger partial charge in [-0.2, -0.15) is 0 Å². The largest absolute Gasteiger partial charge is 0.756 e. The van der Waals surface area contributed by atoms with Crippen molar-refractivity contribution in [3.63, 3.8) is 0 Å². The zero-order valence-electron chi connectivity index (χ0n) is 42.9. The Bertz CT molecular complexity index is 1270. The molecule has 0 aliphatic carbocycles. The molecule has 378 valence electrons. The van der Waals surface area contributed by atoms with E-state index in [1.54, 1.807) is 0 Å². The van der Waals surface area contributed by atoms with Crippen molar-refractivity contribution in [1.82, 2.24) is 0 Å². The highest BCUT2D eigenvalue weighted by atomic mass is 31.2. The van der Waals surface area contributed by atoms with Gasteiger partial charge in [-0.25, -0.2) is 0 Å². The number of unbranched alkanes of at least 4 members (excludes halogenated alkanes) is 23. The smallest absolute Gasteiger partial charge is 0.306 e. The second kappa shape index (κ2) is 48.4. The average molecular weight is 932 g/mol. The summed E-state index contributed by atoms with van der Waals surface area (Å²) in [5, 5.41) is 0. The summed E-state index contributed by atoms with van der Waals surface area (Å²) in [5.74, 6) is -0.357. The monoisotopic (exact) mass is 932 g/mol. The molecule has 8 nitrogen and oxygen atoms in total. The van der Waals surface area contributed by atoms with Crippen molar-refractivity contribution in [2.24, 2.45) is 0 Å². The van der Waals surface area contributed by atoms with Gasteiger partial charge in [-0.1, -0.05) is 222 Å². The fraction of sp³-hybridized carbons (Fsp3) is 0.768. The number of ether oxygens (including phenoxy) is 2. The van der Waals surface area contributed by atoms with Gasteiger partial charge in [-0.15, -0.1) is 0 Å². The summed E-state index contributed by atoms with van der Waals surface area (Å²) in [4.78, 5) is 25.2. The van der Waals surface area contributed by atoms with Crippen LogP contribution in [0, 0.1) is 0 Å². The maximum atomic E-state index is 12.8. The molecular weight excluding hydrogens is 830 g/mol. The Balaban J connectivity index is 4.19. The summed E-state index contributed by atoms with van der Waals surface area (Å²) in [5.41, 5.74) is 0. The van der Waals surface area contributed by atoms with E-state index in [0.717, 1.165) is 83.5 Å². The van der Waals surface area contributed by atoms with Crippen LogP contribution in [0.5, 0.6) is 0 Å². The van der Waals surface area contributed by atoms with Crippen molar-refractivity contribution >= 4 is 13.8 Å². The summed E-state index contributed by atoms with van der Waals surface area (Å²) in [6, 6.07) is 0. The van der Waals surface area contributed by atoms with Gasteiger partial charge in [0.25, 0.3) is 7.82 Å². The van der Waals surface area contributed by atoms with Crippen LogP contribution in [-0.2, 0) is 27.9 Å². The zero-order chi connectivity index (χ0) is 47.6. The first-order valence-electron chi connectivity index (χ1n) is 26.7. The molecule has 9 heteroatoms. The molecule has 0 fully saturated rings. The number of rotatable bonds is 49. The summed E-state index contributed by atoms with van der Waals surface area (Å²) in [6.45, 7) is 5.29. The van der Waals surface area contributed by atoms with Gasteiger partial charge in [0.1, 0.15) is 19.3 Å². The van der Waals surface area contributed by atoms with E-state index < -0.39 is 13.9 Å². The minimum atomic E-state index is -4.54. The van der Waals surface area contributed by atoms with Crippen molar-refractivity contribution in [2.45, 2.75) is 225 Å². The molecule has 2 atom stereocenters. The predicted molar refractivity (Wildman–Crippen MR) is 277 cm³/mol. The SMILES string of the molecule is CC/C=C\C/C=C\C/C=C\C/C=C\C/C=C\C/C=C\CCCCCCC(=O)OC(COCCCCCCCCCCCCCCCCCCCCCC)COP(=O)([O-])OCC[N+](C)(C)C. The molecule has 0 N–H and O–H groups in total. The molecule has 0 bridgehead atoms. The van der Waals surface area contributed by atoms with E-state index in [-0.39, 0.29) is 32.2 Å². The maximum absolute atomic E-state index is 12.8. The van der Waals surface area contributed by atoms with Gasteiger partial charge in [0, 0.05) is 13.0 Å². The van der Waals surface area contributed by atoms with E-state index in [2.05, 4.69) is 86.8 Å². The molecule has 0 aliphatic rings. The first-order valence-corrected chi connectivity index (χ1v) is 28.1. The molecule has 0 spiro atoms. The van der Waals surface area contributed by atoms with Gasteiger partial charge in [-0.3, -0.25) is 9.36 Å². The van der Waals surface area contributed by atoms with Gasteiger partial charge in [0.15, 0.2) is 0 Å². The molecular formula is C56H102NO7P. The van der Waals surface area contributed by atoms with Crippen LogP contribution in [-0.4, -0.2) is 70.7 Å². The third-order valence-electron chi connectivity index (χ3n) is 11.3. The van der Waals surface area contributed by atoms with E-state index in [1.807, 2.05) is 21.1 Å². The maximum Gasteiger partial charge on any atom is 0.306 e. The lowest BCUT2D eigenvalue weighted by atomic mass is 10.0. The van der Waals surface area contributed by atoms with Crippen LogP contribution in [0.2, 0.25) is 0 Å². The average Bonchev–Trinajstić information content (AvgIpc) is 3.27. The Hall–Kier alpha value is -2.06. The van der Waals surface area contributed by atoms with E-state index in [9.17, 15) is 14.3 Å². The number of hydrogen-bond donors (Lipinski definition) is 0. The molecule has 0 rings (SSSR count). The number of allylic oxidation sites excluding steroid dienone is 12. The fourth-order valence-electron chi connectivity index (χ4n) is 7.20. The molecule has 0 heterocycles. The standard InChI is InChI=1S/C56H102NO7P/c1-6-8-10-12-14-16-18-20-22-24-26-28-29-30-31-33-35-37-39-41-43-45-47-49-56(58)64-55(54-63-65(59,60)62-52-50-57(3,4)5)53-61-51-48-46-44-42-40-38-36-34-32-27-25-23-21-19-17-15-13-11-9-7-2/h8,10,14,16,20,22,26,28,30-31,35,37,55H,6-7,9,11-13,15,17-19,21,23-25,27,29,32-34,36,38-54H2,1-5H3/b10-8-,16-14-,22-20-,28-26-,31-30-,37-35-. The van der Waals surface area contributed by atoms with Crippen molar-refractivity contribution in [3.8, 4) is 0 Å². The van der Waals surface area contributed by atoms with Crippen LogP contribution in [0.15, 0.2) is 72.9 Å². The molecule has 0 saturated heterocycles. The second-order valence-corrected chi connectivity index (χ2v) is 20.3. The fourth-order valence-corrected chi connectivity index (χ4v) is 7.93. The number of carbonyl (C=O) groups is 1. The number of esters is 1. The predicted octanol–water partition coefficient (Wildman–Crippen LogP) is 16.0. The quantitative estimate of drug-likeness (QED) is 0.0197. The zero-order valence-corrected chi connectivity index (χ0v) is 43.8. The van der Waals surface area contributed by atoms with Crippen LogP contribution in [0.1, 0.15) is 219 Å². The molecule has 0 radical (unpaired) electrons. The molecule has 0 aromatic heterocycles. The van der Waals surface area contributed by atoms with E-state index in [0.29, 0.717) is 17.6 Å². The summed E-state index contributed by atoms with van der Waals surface area (Å²) in [7, 11) is 1.34. The topological polar surface area (TPSA) is 94.1 Å². The molecule has 0 aromatic rings. The number of phosphoric acid groups is 1. The van der Waals surface area contributed by atoms with E-state index in [1.165, 1.54) is 116 Å². The van der Waals surface area contributed by atoms with Crippen LogP contribution < -0.4 is 4.89 Å². The van der Waals surface area contributed by atoms with Crippen molar-refractivity contribution < 1.29 is 37.3 Å². The number of carbonyl (C=O) groups excluding carboxylic acids is 1. The second-order valence-electron chi connectivity index (χ2n) is 18.9. The first-order chi connectivity index (χ1) is 31.6. The number of phosphoric ester groups is 1. The Morgan fingerprint density at radius 2 is 0.892 bits per heavy atom. The summed E-state index contributed by atoms with van der Waals surface area (Å²) in [6.07, 6.45) is 63.6. The minimum Gasteiger partial charge on any atom is -0.756 e. The highest BCUT2D eigenvalue weighted by Gasteiger charge is 2.20. The normalized spacial score (nSPS) is 14.1. The van der Waals surface area contributed by atoms with Gasteiger partial charge in [0.2, 0.25) is 0 Å². The number of nitrogens with zero attached hydrogens (tertiary/aromatic N) is 1. The van der Waals surface area contributed by atoms with Gasteiger partial charge >= 0.3 is 5.97 Å². The molecule has 0 amide bonds. The van der Waals surface area contributed by atoms with Crippen molar-refractivity contribution in [2.75, 3.05) is 54.1 Å². The van der Waals surface area contributed by atoms with Gasteiger partial charge < -0.3 is 27.9 Å². The summed E-state index contributed by atoms with van der Waals surface area (Å²) < 4.78 is 34.8. The summed E-state index contributed by atoms with van der Waals surface area (Å²) >= 11 is 0. The van der Waals surface area contributed by atoms with Crippen LogP contribution in [0.4, 0.5) is 0 Å². The Morgan fingerprint density at radius 3 is 1.34 bits per heavy atom. The first kappa shape index (κ1) is 62.9. The highest BCUT2D eigenvalue weighted by Crippen LogP contribution is 2.38. The molecule has 65 heavy (non-hydrogen) atoms. The van der Waals surface area contributed by atoms with Gasteiger partial charge in [0.05, 0.1) is 34.4 Å². The van der Waals surface area contributed by atoms with Crippen LogP contribution in [0.3, 0.4) is 0 Å². The molecule has 0 aromatic carbocycles. The highest BCUT2D eigenvalue weighted by molar-refractivity contribution is 7.45. The van der Waals surface area contributed by atoms with Crippen LogP contribution in [0.25, 0.3) is 0 Å². The lowest BCUT2D eigenvalue weighted by Gasteiger charge is -2.28. The van der Waals surface area contributed by atoms with Crippen LogP contribution >= 0.6 is 7.82 Å². The van der Waals surface area contributed by atoms with E-state index >= 15 is 0 Å². The van der Waals surface area contributed by atoms with E-state index in [4.69, 9.17) is 18.5 Å². The molecule has 0 saturated carbocycles. The van der Waals surface area contributed by atoms with Gasteiger partial charge in [-0.05, 0) is 64.2 Å². The van der Waals surface area contributed by atoms with Crippen molar-refractivity contribution in [3.05, 3.63) is 72.9 Å². The third-order valence-corrected chi connectivity index (χ3v) is 12.2. The molecule has 2 unspecified atom stereocenters. The number of quaternary nitrogens is 1. The van der Waals surface area contributed by atoms with Crippen molar-refractivity contribution in [1.29, 1.82) is 0 Å². The molecule has 0 aliphatic heterocycles. The number of likely N-dealkylation sites (N-methyl/N-ethyl adjacent to an activating group) is 1. The Labute approximate surface area is 402 Å². The third kappa shape index (κ3) is 52.8. The Morgan fingerprint density at radius 1 is 0.492 bits per heavy atom.